The van der Waals surface area contributed by atoms with Crippen LogP contribution in [0.1, 0.15) is 24.1 Å². The van der Waals surface area contributed by atoms with Gasteiger partial charge in [0, 0.05) is 4.47 Å². The Morgan fingerprint density at radius 1 is 1.14 bits per heavy atom. The zero-order valence-electron chi connectivity index (χ0n) is 11.6. The molecule has 0 unspecified atom stereocenters. The normalized spacial score (nSPS) is 12.8. The molecule has 0 aliphatic carbocycles. The number of aliphatic hydroxyl groups is 1. The maximum Gasteiger partial charge on any atom is 0.255 e. The van der Waals surface area contributed by atoms with Crippen molar-refractivity contribution in [3.63, 3.8) is 0 Å². The zero-order valence-corrected chi connectivity index (χ0v) is 13.2. The number of aliphatic hydroxyl groups excluding tert-OH is 1. The number of hydrogen-bond acceptors (Lipinski definition) is 2. The maximum atomic E-state index is 12.3. The summed E-state index contributed by atoms with van der Waals surface area (Å²) in [7, 11) is 0. The van der Waals surface area contributed by atoms with E-state index in [1.807, 2.05) is 49.4 Å². The van der Waals surface area contributed by atoms with E-state index in [0.29, 0.717) is 5.56 Å². The predicted octanol–water partition coefficient (Wildman–Crippen LogP) is 4.23. The van der Waals surface area contributed by atoms with E-state index < -0.39 is 0 Å². The summed E-state index contributed by atoms with van der Waals surface area (Å²) in [6, 6.07) is 16.8. The quantitative estimate of drug-likeness (QED) is 0.643. The van der Waals surface area contributed by atoms with E-state index in [1.54, 1.807) is 12.1 Å². The summed E-state index contributed by atoms with van der Waals surface area (Å²) < 4.78 is 0.918. The Morgan fingerprint density at radius 2 is 1.76 bits per heavy atom. The summed E-state index contributed by atoms with van der Waals surface area (Å²) in [4.78, 5) is 12.3. The fraction of sp³-hybridized carbons (Fsp3) is 0.118. The highest BCUT2D eigenvalue weighted by molar-refractivity contribution is 9.10. The molecule has 0 saturated heterocycles. The summed E-state index contributed by atoms with van der Waals surface area (Å²) in [6.45, 7) is 1.91. The molecule has 108 valence electrons. The van der Waals surface area contributed by atoms with Gasteiger partial charge in [0.25, 0.3) is 5.91 Å². The highest BCUT2D eigenvalue weighted by atomic mass is 79.9. The van der Waals surface area contributed by atoms with Crippen LogP contribution in [0.5, 0.6) is 0 Å². The minimum Gasteiger partial charge on any atom is -0.515 e. The van der Waals surface area contributed by atoms with E-state index in [0.717, 1.165) is 16.3 Å². The average Bonchev–Trinajstić information content (AvgIpc) is 2.50. The third kappa shape index (κ3) is 3.95. The van der Waals surface area contributed by atoms with Gasteiger partial charge in [-0.05, 0) is 30.2 Å². The summed E-state index contributed by atoms with van der Waals surface area (Å²) in [5.74, 6) is -0.309. The van der Waals surface area contributed by atoms with Gasteiger partial charge in [-0.25, -0.2) is 0 Å². The lowest BCUT2D eigenvalue weighted by molar-refractivity contribution is -0.116. The van der Waals surface area contributed by atoms with Crippen LogP contribution in [0.25, 0.3) is 5.57 Å². The van der Waals surface area contributed by atoms with Crippen molar-refractivity contribution in [3.05, 3.63) is 76.5 Å². The van der Waals surface area contributed by atoms with Crippen LogP contribution in [0.4, 0.5) is 0 Å². The van der Waals surface area contributed by atoms with Gasteiger partial charge in [-0.2, -0.15) is 0 Å². The van der Waals surface area contributed by atoms with Crippen molar-refractivity contribution in [2.45, 2.75) is 13.0 Å². The third-order valence-electron chi connectivity index (χ3n) is 3.18. The number of hydrogen-bond donors (Lipinski definition) is 2. The van der Waals surface area contributed by atoms with Gasteiger partial charge in [-0.3, -0.25) is 4.79 Å². The second kappa shape index (κ2) is 7.09. The van der Waals surface area contributed by atoms with Gasteiger partial charge in [0.15, 0.2) is 0 Å². The standard InChI is InChI=1S/C17H16BrNO2/c1-12(13-5-3-2-4-6-13)19-17(21)16(11-20)14-7-9-15(18)10-8-14/h2-12,20H,1H3,(H,19,21)/b16-11+/t12-/m1/s1. The van der Waals surface area contributed by atoms with Crippen LogP contribution >= 0.6 is 15.9 Å². The number of halogens is 1. The third-order valence-corrected chi connectivity index (χ3v) is 3.70. The van der Waals surface area contributed by atoms with Crippen molar-refractivity contribution in [3.8, 4) is 0 Å². The molecule has 0 radical (unpaired) electrons. The van der Waals surface area contributed by atoms with Crippen LogP contribution in [-0.2, 0) is 4.79 Å². The first-order chi connectivity index (χ1) is 10.1. The molecule has 3 nitrogen and oxygen atoms in total. The minimum atomic E-state index is -0.309. The van der Waals surface area contributed by atoms with Crippen molar-refractivity contribution in [1.82, 2.24) is 5.32 Å². The molecule has 0 aromatic heterocycles. The molecule has 2 rings (SSSR count). The van der Waals surface area contributed by atoms with Crippen LogP contribution < -0.4 is 5.32 Å². The Kier molecular flexibility index (Phi) is 5.17. The Balaban J connectivity index is 2.13. The first-order valence-corrected chi connectivity index (χ1v) is 7.37. The molecule has 0 aliphatic rings. The number of nitrogens with one attached hydrogen (secondary N) is 1. The zero-order chi connectivity index (χ0) is 15.2. The van der Waals surface area contributed by atoms with Gasteiger partial charge in [-0.1, -0.05) is 58.4 Å². The number of amides is 1. The van der Waals surface area contributed by atoms with Crippen LogP contribution in [0.15, 0.2) is 65.3 Å². The molecule has 0 bridgehead atoms. The van der Waals surface area contributed by atoms with Crippen molar-refractivity contribution in [1.29, 1.82) is 0 Å². The topological polar surface area (TPSA) is 49.3 Å². The lowest BCUT2D eigenvalue weighted by Gasteiger charge is -2.15. The van der Waals surface area contributed by atoms with Gasteiger partial charge >= 0.3 is 0 Å². The number of benzene rings is 2. The van der Waals surface area contributed by atoms with Crippen molar-refractivity contribution in [2.24, 2.45) is 0 Å². The molecule has 0 fully saturated rings. The van der Waals surface area contributed by atoms with Gasteiger partial charge in [-0.15, -0.1) is 0 Å². The second-order valence-corrected chi connectivity index (χ2v) is 5.57. The molecule has 0 saturated carbocycles. The van der Waals surface area contributed by atoms with E-state index in [4.69, 9.17) is 0 Å². The molecule has 1 atom stereocenters. The fourth-order valence-electron chi connectivity index (χ4n) is 1.99. The van der Waals surface area contributed by atoms with E-state index >= 15 is 0 Å². The predicted molar refractivity (Wildman–Crippen MR) is 87.7 cm³/mol. The summed E-state index contributed by atoms with van der Waals surface area (Å²) in [5.41, 5.74) is 1.92. The van der Waals surface area contributed by atoms with Crippen LogP contribution in [0.3, 0.4) is 0 Å². The first kappa shape index (κ1) is 15.3. The Labute approximate surface area is 132 Å². The Morgan fingerprint density at radius 3 is 2.33 bits per heavy atom. The lowest BCUT2D eigenvalue weighted by atomic mass is 10.0. The molecule has 1 amide bonds. The second-order valence-electron chi connectivity index (χ2n) is 4.66. The highest BCUT2D eigenvalue weighted by Gasteiger charge is 2.15. The fourth-order valence-corrected chi connectivity index (χ4v) is 2.26. The lowest BCUT2D eigenvalue weighted by Crippen LogP contribution is -2.27. The van der Waals surface area contributed by atoms with E-state index in [-0.39, 0.29) is 17.5 Å². The van der Waals surface area contributed by atoms with Crippen LogP contribution in [-0.4, -0.2) is 11.0 Å². The Bertz CT molecular complexity index is 636. The number of carbonyl (C=O) groups is 1. The molecular weight excluding hydrogens is 330 g/mol. The van der Waals surface area contributed by atoms with Crippen LogP contribution in [0.2, 0.25) is 0 Å². The van der Waals surface area contributed by atoms with Gasteiger partial charge in [0.05, 0.1) is 17.9 Å². The summed E-state index contributed by atoms with van der Waals surface area (Å²) in [6.07, 6.45) is 0.844. The molecule has 0 aliphatic heterocycles. The minimum absolute atomic E-state index is 0.135. The van der Waals surface area contributed by atoms with Crippen molar-refractivity contribution >= 4 is 27.4 Å². The SMILES string of the molecule is C[C@@H](NC(=O)/C(=C/O)c1ccc(Br)cc1)c1ccccc1. The highest BCUT2D eigenvalue weighted by Crippen LogP contribution is 2.19. The molecule has 2 aromatic carbocycles. The molecule has 0 heterocycles. The molecule has 2 N–H and O–H groups in total. The maximum absolute atomic E-state index is 12.3. The molecule has 2 aromatic rings. The van der Waals surface area contributed by atoms with E-state index in [1.165, 1.54) is 0 Å². The molecule has 0 spiro atoms. The molecular formula is C17H16BrNO2. The summed E-state index contributed by atoms with van der Waals surface area (Å²) in [5, 5.41) is 12.2. The van der Waals surface area contributed by atoms with Gasteiger partial charge in [0.1, 0.15) is 0 Å². The average molecular weight is 346 g/mol. The Hall–Kier alpha value is -2.07. The molecule has 4 heteroatoms. The van der Waals surface area contributed by atoms with E-state index in [9.17, 15) is 9.90 Å². The van der Waals surface area contributed by atoms with Gasteiger partial charge < -0.3 is 10.4 Å². The largest absolute Gasteiger partial charge is 0.515 e. The molecule has 21 heavy (non-hydrogen) atoms. The van der Waals surface area contributed by atoms with Crippen molar-refractivity contribution in [2.75, 3.05) is 0 Å². The number of rotatable bonds is 4. The van der Waals surface area contributed by atoms with E-state index in [2.05, 4.69) is 21.2 Å². The smallest absolute Gasteiger partial charge is 0.255 e. The van der Waals surface area contributed by atoms with Crippen molar-refractivity contribution < 1.29 is 9.90 Å². The number of carbonyl (C=O) groups excluding carboxylic acids is 1. The first-order valence-electron chi connectivity index (χ1n) is 6.58. The van der Waals surface area contributed by atoms with Crippen LogP contribution in [0, 0.1) is 0 Å². The van der Waals surface area contributed by atoms with Gasteiger partial charge in [0.2, 0.25) is 0 Å². The summed E-state index contributed by atoms with van der Waals surface area (Å²) >= 11 is 3.34. The monoisotopic (exact) mass is 345 g/mol.